The van der Waals surface area contributed by atoms with Crippen LogP contribution in [0.4, 0.5) is 0 Å². The summed E-state index contributed by atoms with van der Waals surface area (Å²) in [6, 6.07) is -0.302. The molecule has 2 aromatic rings. The van der Waals surface area contributed by atoms with Crippen molar-refractivity contribution >= 4 is 15.9 Å². The molecular weight excluding hydrogens is 344 g/mol. The minimum absolute atomic E-state index is 0.0798. The van der Waals surface area contributed by atoms with Crippen LogP contribution in [0.3, 0.4) is 0 Å². The van der Waals surface area contributed by atoms with Crippen LogP contribution in [0.15, 0.2) is 17.4 Å². The third kappa shape index (κ3) is 3.90. The number of carbonyl (C=O) groups is 1. The number of aromatic amines is 2. The lowest BCUT2D eigenvalue weighted by Gasteiger charge is -2.30. The third-order valence-electron chi connectivity index (χ3n) is 4.40. The molecular formula is C15H22N6O3S. The quantitative estimate of drug-likeness (QED) is 0.620. The highest BCUT2D eigenvalue weighted by Crippen LogP contribution is 2.23. The van der Waals surface area contributed by atoms with Gasteiger partial charge >= 0.3 is 0 Å². The van der Waals surface area contributed by atoms with Crippen LogP contribution >= 0.6 is 0 Å². The Morgan fingerprint density at radius 1 is 1.28 bits per heavy atom. The van der Waals surface area contributed by atoms with Gasteiger partial charge in [-0.2, -0.15) is 5.10 Å². The maximum Gasteiger partial charge on any atom is 0.269 e. The summed E-state index contributed by atoms with van der Waals surface area (Å²) in [5, 5.41) is 9.57. The molecule has 1 aliphatic rings. The van der Waals surface area contributed by atoms with Crippen LogP contribution in [-0.4, -0.2) is 46.6 Å². The van der Waals surface area contributed by atoms with E-state index in [1.54, 1.807) is 13.8 Å². The lowest BCUT2D eigenvalue weighted by Crippen LogP contribution is -2.45. The van der Waals surface area contributed by atoms with Crippen molar-refractivity contribution in [2.45, 2.75) is 56.5 Å². The van der Waals surface area contributed by atoms with Crippen molar-refractivity contribution in [3.05, 3.63) is 29.6 Å². The molecule has 0 bridgehead atoms. The second-order valence-corrected chi connectivity index (χ2v) is 8.03. The van der Waals surface area contributed by atoms with Gasteiger partial charge in [0, 0.05) is 12.1 Å². The van der Waals surface area contributed by atoms with Crippen LogP contribution in [-0.2, 0) is 10.0 Å². The van der Waals surface area contributed by atoms with E-state index in [0.717, 1.165) is 19.3 Å². The largest absolute Gasteiger partial charge is 0.348 e. The van der Waals surface area contributed by atoms with Crippen LogP contribution in [0.1, 0.15) is 47.6 Å². The minimum atomic E-state index is -3.65. The number of carbonyl (C=O) groups excluding carboxylic acids is 1. The van der Waals surface area contributed by atoms with Crippen LogP contribution in [0, 0.1) is 13.8 Å². The Kier molecular flexibility index (Phi) is 4.91. The molecule has 3 rings (SSSR count). The summed E-state index contributed by atoms with van der Waals surface area (Å²) in [4.78, 5) is 18.9. The number of amides is 1. The summed E-state index contributed by atoms with van der Waals surface area (Å²) in [6.07, 6.45) is 5.86. The van der Waals surface area contributed by atoms with E-state index in [2.05, 4.69) is 30.2 Å². The smallest absolute Gasteiger partial charge is 0.269 e. The Hall–Kier alpha value is -2.20. The second-order valence-electron chi connectivity index (χ2n) is 6.38. The summed E-state index contributed by atoms with van der Waals surface area (Å²) in [7, 11) is -3.65. The van der Waals surface area contributed by atoms with Gasteiger partial charge in [-0.1, -0.05) is 0 Å². The van der Waals surface area contributed by atoms with E-state index in [-0.39, 0.29) is 22.9 Å². The molecule has 0 aliphatic heterocycles. The fraction of sp³-hybridized carbons (Fsp3) is 0.533. The van der Waals surface area contributed by atoms with Crippen molar-refractivity contribution in [2.75, 3.05) is 0 Å². The van der Waals surface area contributed by atoms with Crippen molar-refractivity contribution in [3.8, 4) is 0 Å². The molecule has 1 fully saturated rings. The van der Waals surface area contributed by atoms with Crippen LogP contribution in [0.5, 0.6) is 0 Å². The maximum atomic E-state index is 12.6. The van der Waals surface area contributed by atoms with Gasteiger partial charge in [-0.15, -0.1) is 0 Å². The number of imidazole rings is 1. The van der Waals surface area contributed by atoms with Crippen LogP contribution < -0.4 is 10.0 Å². The van der Waals surface area contributed by atoms with Gasteiger partial charge in [-0.05, 0) is 39.5 Å². The minimum Gasteiger partial charge on any atom is -0.348 e. The molecule has 1 amide bonds. The molecule has 2 heterocycles. The summed E-state index contributed by atoms with van der Waals surface area (Å²) in [5.41, 5.74) is 1.36. The molecule has 0 radical (unpaired) electrons. The van der Waals surface area contributed by atoms with E-state index in [4.69, 9.17) is 0 Å². The van der Waals surface area contributed by atoms with Gasteiger partial charge in [0.25, 0.3) is 5.91 Å². The highest BCUT2D eigenvalue weighted by Gasteiger charge is 2.30. The normalized spacial score (nSPS) is 21.2. The Bertz CT molecular complexity index is 823. The number of sulfonamides is 1. The van der Waals surface area contributed by atoms with Crippen LogP contribution in [0.2, 0.25) is 0 Å². The van der Waals surface area contributed by atoms with E-state index in [9.17, 15) is 13.2 Å². The van der Waals surface area contributed by atoms with Crippen molar-refractivity contribution in [3.63, 3.8) is 0 Å². The molecule has 0 spiro atoms. The Morgan fingerprint density at radius 2 is 2.04 bits per heavy atom. The zero-order valence-corrected chi connectivity index (χ0v) is 15.0. The summed E-state index contributed by atoms with van der Waals surface area (Å²) >= 11 is 0. The first kappa shape index (κ1) is 17.6. The predicted octanol–water partition coefficient (Wildman–Crippen LogP) is 0.769. The lowest BCUT2D eigenvalue weighted by atomic mass is 9.91. The molecule has 25 heavy (non-hydrogen) atoms. The molecule has 2 aromatic heterocycles. The van der Waals surface area contributed by atoms with Crippen molar-refractivity contribution < 1.29 is 13.2 Å². The van der Waals surface area contributed by atoms with Gasteiger partial charge in [0.1, 0.15) is 10.6 Å². The number of aromatic nitrogens is 4. The molecule has 1 saturated carbocycles. The van der Waals surface area contributed by atoms with Crippen molar-refractivity contribution in [2.24, 2.45) is 0 Å². The van der Waals surface area contributed by atoms with Crippen LogP contribution in [0.25, 0.3) is 0 Å². The average molecular weight is 366 g/mol. The standard InChI is InChI=1S/C15H22N6O3S/c1-9-14(10(2)20-19-9)25(23,24)21-12-5-3-4-11(6-12)18-15(22)13-7-16-8-17-13/h7-8,11-12,21H,3-6H2,1-2H3,(H,16,17)(H,18,22)(H,19,20)/t11-,12+/m0/s1. The average Bonchev–Trinajstić information content (AvgIpc) is 3.17. The number of nitrogens with zero attached hydrogens (tertiary/aromatic N) is 2. The number of nitrogens with one attached hydrogen (secondary N) is 4. The van der Waals surface area contributed by atoms with Gasteiger partial charge in [-0.25, -0.2) is 18.1 Å². The Morgan fingerprint density at radius 3 is 2.68 bits per heavy atom. The van der Waals surface area contributed by atoms with Gasteiger partial charge in [0.05, 0.1) is 23.9 Å². The number of hydrogen-bond acceptors (Lipinski definition) is 5. The molecule has 10 heteroatoms. The van der Waals surface area contributed by atoms with E-state index in [1.807, 2.05) is 0 Å². The molecule has 1 aliphatic carbocycles. The third-order valence-corrected chi connectivity index (χ3v) is 6.19. The van der Waals surface area contributed by atoms with E-state index < -0.39 is 10.0 Å². The summed E-state index contributed by atoms with van der Waals surface area (Å²) < 4.78 is 28.1. The van der Waals surface area contributed by atoms with E-state index in [0.29, 0.717) is 23.5 Å². The lowest BCUT2D eigenvalue weighted by molar-refractivity contribution is 0.0920. The monoisotopic (exact) mass is 366 g/mol. The fourth-order valence-electron chi connectivity index (χ4n) is 3.29. The van der Waals surface area contributed by atoms with E-state index in [1.165, 1.54) is 12.5 Å². The number of aryl methyl sites for hydroxylation is 2. The highest BCUT2D eigenvalue weighted by atomic mass is 32.2. The molecule has 0 unspecified atom stereocenters. The first-order valence-corrected chi connectivity index (χ1v) is 9.68. The number of hydrogen-bond donors (Lipinski definition) is 4. The molecule has 9 nitrogen and oxygen atoms in total. The van der Waals surface area contributed by atoms with Gasteiger partial charge < -0.3 is 10.3 Å². The SMILES string of the molecule is Cc1n[nH]c(C)c1S(=O)(=O)N[C@@H]1CCC[C@H](NC(=O)c2cnc[nH]2)C1. The van der Waals surface area contributed by atoms with Crippen molar-refractivity contribution in [1.29, 1.82) is 0 Å². The van der Waals surface area contributed by atoms with Crippen molar-refractivity contribution in [1.82, 2.24) is 30.2 Å². The first-order valence-electron chi connectivity index (χ1n) is 8.20. The molecule has 0 saturated heterocycles. The fourth-order valence-corrected chi connectivity index (χ4v) is 4.94. The molecule has 136 valence electrons. The maximum absolute atomic E-state index is 12.6. The molecule has 0 aromatic carbocycles. The first-order chi connectivity index (χ1) is 11.9. The van der Waals surface area contributed by atoms with Gasteiger partial charge in [0.15, 0.2) is 0 Å². The molecule has 2 atom stereocenters. The Labute approximate surface area is 146 Å². The number of H-pyrrole nitrogens is 2. The van der Waals surface area contributed by atoms with E-state index >= 15 is 0 Å². The molecule has 4 N–H and O–H groups in total. The second kappa shape index (κ2) is 6.96. The Balaban J connectivity index is 1.65. The highest BCUT2D eigenvalue weighted by molar-refractivity contribution is 7.89. The van der Waals surface area contributed by atoms with Gasteiger partial charge in [0.2, 0.25) is 10.0 Å². The predicted molar refractivity (Wildman–Crippen MR) is 90.5 cm³/mol. The number of rotatable bonds is 5. The summed E-state index contributed by atoms with van der Waals surface area (Å²) in [6.45, 7) is 3.34. The van der Waals surface area contributed by atoms with Gasteiger partial charge in [-0.3, -0.25) is 9.89 Å². The zero-order valence-electron chi connectivity index (χ0n) is 14.2. The topological polar surface area (TPSA) is 133 Å². The summed E-state index contributed by atoms with van der Waals surface area (Å²) in [5.74, 6) is -0.229. The zero-order chi connectivity index (χ0) is 18.0.